The molecule has 0 aliphatic carbocycles. The summed E-state index contributed by atoms with van der Waals surface area (Å²) in [5.74, 6) is 0.0209. The fourth-order valence-corrected chi connectivity index (χ4v) is 4.97. The van der Waals surface area contributed by atoms with Gasteiger partial charge in [0.25, 0.3) is 0 Å². The lowest BCUT2D eigenvalue weighted by Crippen LogP contribution is -2.45. The average molecular weight is 485 g/mol. The van der Waals surface area contributed by atoms with Crippen LogP contribution < -0.4 is 19.9 Å². The fraction of sp³-hybridized carbons (Fsp3) is 0.310. The molecule has 0 aromatic heterocycles. The Bertz CT molecular complexity index is 1190. The number of amides is 2. The van der Waals surface area contributed by atoms with Gasteiger partial charge in [0, 0.05) is 57.1 Å². The van der Waals surface area contributed by atoms with E-state index in [0.29, 0.717) is 18.0 Å². The van der Waals surface area contributed by atoms with E-state index >= 15 is 0 Å². The van der Waals surface area contributed by atoms with Gasteiger partial charge in [-0.15, -0.1) is 0 Å². The number of rotatable bonds is 7. The van der Waals surface area contributed by atoms with Gasteiger partial charge in [0.15, 0.2) is 0 Å². The van der Waals surface area contributed by atoms with E-state index in [2.05, 4.69) is 57.6 Å². The number of anilines is 3. The third kappa shape index (κ3) is 5.36. The van der Waals surface area contributed by atoms with E-state index in [1.807, 2.05) is 36.4 Å². The lowest BCUT2D eigenvalue weighted by molar-refractivity contribution is -0.122. The van der Waals surface area contributed by atoms with Crippen LogP contribution in [0.15, 0.2) is 78.9 Å². The number of nitrogens with one attached hydrogen (secondary N) is 1. The van der Waals surface area contributed by atoms with E-state index in [4.69, 9.17) is 4.74 Å². The smallest absolute Gasteiger partial charge is 0.229 e. The molecule has 5 rings (SSSR count). The van der Waals surface area contributed by atoms with Gasteiger partial charge in [-0.3, -0.25) is 14.5 Å². The average Bonchev–Trinajstić information content (AvgIpc) is 3.31. The van der Waals surface area contributed by atoms with Gasteiger partial charge in [0.1, 0.15) is 5.75 Å². The molecule has 2 fully saturated rings. The zero-order valence-electron chi connectivity index (χ0n) is 20.6. The van der Waals surface area contributed by atoms with Crippen LogP contribution in [-0.2, 0) is 16.1 Å². The molecule has 0 spiro atoms. The van der Waals surface area contributed by atoms with Crippen molar-refractivity contribution in [3.8, 4) is 5.75 Å². The van der Waals surface area contributed by atoms with Crippen LogP contribution in [0, 0.1) is 5.92 Å². The minimum atomic E-state index is -0.403. The lowest BCUT2D eigenvalue weighted by atomic mass is 10.1. The zero-order valence-corrected chi connectivity index (χ0v) is 20.6. The van der Waals surface area contributed by atoms with Crippen LogP contribution in [0.5, 0.6) is 5.75 Å². The first kappa shape index (κ1) is 23.9. The first-order valence-corrected chi connectivity index (χ1v) is 12.5. The molecule has 2 amide bonds. The van der Waals surface area contributed by atoms with Crippen LogP contribution in [0.4, 0.5) is 17.1 Å². The molecule has 7 heteroatoms. The van der Waals surface area contributed by atoms with Crippen LogP contribution in [-0.4, -0.2) is 56.5 Å². The van der Waals surface area contributed by atoms with E-state index < -0.39 is 5.92 Å². The fourth-order valence-electron chi connectivity index (χ4n) is 4.97. The van der Waals surface area contributed by atoms with E-state index in [9.17, 15) is 9.59 Å². The van der Waals surface area contributed by atoms with Gasteiger partial charge in [0.2, 0.25) is 11.8 Å². The summed E-state index contributed by atoms with van der Waals surface area (Å²) < 4.78 is 5.39. The largest absolute Gasteiger partial charge is 0.495 e. The van der Waals surface area contributed by atoms with Crippen LogP contribution in [0.1, 0.15) is 12.0 Å². The van der Waals surface area contributed by atoms with Crippen molar-refractivity contribution in [1.82, 2.24) is 4.90 Å². The number of piperazine rings is 1. The molecular weight excluding hydrogens is 452 g/mol. The number of carbonyl (C=O) groups is 2. The molecule has 0 saturated carbocycles. The Morgan fingerprint density at radius 1 is 0.917 bits per heavy atom. The second kappa shape index (κ2) is 10.8. The maximum Gasteiger partial charge on any atom is 0.229 e. The van der Waals surface area contributed by atoms with Crippen LogP contribution >= 0.6 is 0 Å². The van der Waals surface area contributed by atoms with Crippen molar-refractivity contribution in [2.75, 3.05) is 55.0 Å². The molecule has 2 aliphatic heterocycles. The summed E-state index contributed by atoms with van der Waals surface area (Å²) in [6.07, 6.45) is 0.190. The number of hydrogen-bond acceptors (Lipinski definition) is 5. The summed E-state index contributed by atoms with van der Waals surface area (Å²) in [4.78, 5) is 32.1. The third-order valence-corrected chi connectivity index (χ3v) is 6.99. The zero-order chi connectivity index (χ0) is 24.9. The van der Waals surface area contributed by atoms with Gasteiger partial charge in [-0.2, -0.15) is 0 Å². The van der Waals surface area contributed by atoms with Gasteiger partial charge in [-0.05, 0) is 42.0 Å². The number of methoxy groups -OCH3 is 1. The van der Waals surface area contributed by atoms with Gasteiger partial charge in [0.05, 0.1) is 18.7 Å². The number of carbonyl (C=O) groups excluding carboxylic acids is 2. The minimum Gasteiger partial charge on any atom is -0.495 e. The lowest BCUT2D eigenvalue weighted by Gasteiger charge is -2.36. The summed E-state index contributed by atoms with van der Waals surface area (Å²) in [5, 5.41) is 2.99. The number of benzene rings is 3. The molecule has 36 heavy (non-hydrogen) atoms. The molecule has 2 saturated heterocycles. The van der Waals surface area contributed by atoms with Gasteiger partial charge in [-0.1, -0.05) is 42.5 Å². The molecule has 3 aromatic rings. The van der Waals surface area contributed by atoms with Crippen molar-refractivity contribution >= 4 is 28.9 Å². The van der Waals surface area contributed by atoms with Crippen molar-refractivity contribution < 1.29 is 14.3 Å². The van der Waals surface area contributed by atoms with Crippen LogP contribution in [0.2, 0.25) is 0 Å². The number of hydrogen-bond donors (Lipinski definition) is 1. The Balaban J connectivity index is 1.14. The topological polar surface area (TPSA) is 65.1 Å². The van der Waals surface area contributed by atoms with Crippen LogP contribution in [0.3, 0.4) is 0 Å². The Kier molecular flexibility index (Phi) is 7.18. The predicted octanol–water partition coefficient (Wildman–Crippen LogP) is 4.01. The predicted molar refractivity (Wildman–Crippen MR) is 142 cm³/mol. The third-order valence-electron chi connectivity index (χ3n) is 6.99. The summed E-state index contributed by atoms with van der Waals surface area (Å²) in [7, 11) is 1.58. The van der Waals surface area contributed by atoms with Crippen molar-refractivity contribution in [1.29, 1.82) is 0 Å². The highest BCUT2D eigenvalue weighted by Crippen LogP contribution is 2.33. The number of para-hydroxylation sites is 2. The standard InChI is InChI=1S/C29H32N4O3/c1-36-27-10-6-5-9-26(27)33-21-23(19-28(33)34)29(35)30-24-11-13-25(14-12-24)32-17-15-31(16-18-32)20-22-7-3-2-4-8-22/h2-14,23H,15-21H2,1H3,(H,30,35). The van der Waals surface area contributed by atoms with E-state index in [1.165, 1.54) is 5.56 Å². The Morgan fingerprint density at radius 3 is 2.33 bits per heavy atom. The highest BCUT2D eigenvalue weighted by atomic mass is 16.5. The van der Waals surface area contributed by atoms with Gasteiger partial charge < -0.3 is 19.9 Å². The molecule has 186 valence electrons. The molecule has 1 unspecified atom stereocenters. The Morgan fingerprint density at radius 2 is 1.61 bits per heavy atom. The van der Waals surface area contributed by atoms with Crippen molar-refractivity contribution in [2.45, 2.75) is 13.0 Å². The summed E-state index contributed by atoms with van der Waals surface area (Å²) in [5.41, 5.74) is 3.95. The van der Waals surface area contributed by atoms with Gasteiger partial charge >= 0.3 is 0 Å². The molecule has 2 heterocycles. The molecule has 1 N–H and O–H groups in total. The number of nitrogens with zero attached hydrogens (tertiary/aromatic N) is 3. The van der Waals surface area contributed by atoms with Crippen molar-refractivity contribution in [2.24, 2.45) is 5.92 Å². The summed E-state index contributed by atoms with van der Waals surface area (Å²) in [6, 6.07) is 26.0. The highest BCUT2D eigenvalue weighted by Gasteiger charge is 2.36. The molecular formula is C29H32N4O3. The minimum absolute atomic E-state index is 0.0681. The van der Waals surface area contributed by atoms with Crippen LogP contribution in [0.25, 0.3) is 0 Å². The van der Waals surface area contributed by atoms with E-state index in [0.717, 1.165) is 44.1 Å². The number of ether oxygens (including phenoxy) is 1. The molecule has 2 aliphatic rings. The molecule has 3 aromatic carbocycles. The summed E-state index contributed by atoms with van der Waals surface area (Å²) in [6.45, 7) is 5.31. The Hall–Kier alpha value is -3.84. The monoisotopic (exact) mass is 484 g/mol. The Labute approximate surface area is 212 Å². The van der Waals surface area contributed by atoms with Crippen molar-refractivity contribution in [3.05, 3.63) is 84.4 Å². The maximum atomic E-state index is 12.9. The summed E-state index contributed by atoms with van der Waals surface area (Å²) >= 11 is 0. The second-order valence-electron chi connectivity index (χ2n) is 9.36. The molecule has 0 bridgehead atoms. The maximum absolute atomic E-state index is 12.9. The van der Waals surface area contributed by atoms with Crippen molar-refractivity contribution in [3.63, 3.8) is 0 Å². The normalized spacial score (nSPS) is 18.4. The SMILES string of the molecule is COc1ccccc1N1CC(C(=O)Nc2ccc(N3CCN(Cc4ccccc4)CC3)cc2)CC1=O. The first-order chi connectivity index (χ1) is 17.6. The highest BCUT2D eigenvalue weighted by molar-refractivity contribution is 6.04. The quantitative estimate of drug-likeness (QED) is 0.549. The molecule has 7 nitrogen and oxygen atoms in total. The first-order valence-electron chi connectivity index (χ1n) is 12.5. The van der Waals surface area contributed by atoms with E-state index in [-0.39, 0.29) is 18.2 Å². The second-order valence-corrected chi connectivity index (χ2v) is 9.36. The molecule has 0 radical (unpaired) electrons. The molecule has 1 atom stereocenters. The van der Waals surface area contributed by atoms with E-state index in [1.54, 1.807) is 12.0 Å². The van der Waals surface area contributed by atoms with Gasteiger partial charge in [-0.25, -0.2) is 0 Å².